The molecule has 2 heterocycles. The highest BCUT2D eigenvalue weighted by atomic mass is 16.5. The number of hydrogen-bond donors (Lipinski definition) is 1. The summed E-state index contributed by atoms with van der Waals surface area (Å²) in [5.41, 5.74) is 3.81. The molecule has 1 unspecified atom stereocenters. The first kappa shape index (κ1) is 22.9. The highest BCUT2D eigenvalue weighted by Crippen LogP contribution is 2.47. The van der Waals surface area contributed by atoms with E-state index in [4.69, 9.17) is 9.73 Å². The van der Waals surface area contributed by atoms with E-state index in [-0.39, 0.29) is 17.1 Å². The summed E-state index contributed by atoms with van der Waals surface area (Å²) in [5, 5.41) is 2.93. The Bertz CT molecular complexity index is 1150. The van der Waals surface area contributed by atoms with E-state index >= 15 is 0 Å². The minimum Gasteiger partial charge on any atom is -0.494 e. The predicted octanol–water partition coefficient (Wildman–Crippen LogP) is 5.24. The Labute approximate surface area is 195 Å². The normalized spacial score (nSPS) is 21.8. The van der Waals surface area contributed by atoms with E-state index in [2.05, 4.69) is 24.1 Å². The minimum atomic E-state index is -0.439. The van der Waals surface area contributed by atoms with E-state index in [0.717, 1.165) is 29.0 Å². The summed E-state index contributed by atoms with van der Waals surface area (Å²) in [7, 11) is 0. The molecule has 1 saturated carbocycles. The van der Waals surface area contributed by atoms with Gasteiger partial charge in [0.1, 0.15) is 17.4 Å². The summed E-state index contributed by atoms with van der Waals surface area (Å²) in [6, 6.07) is 11.4. The van der Waals surface area contributed by atoms with Gasteiger partial charge >= 0.3 is 0 Å². The van der Waals surface area contributed by atoms with Crippen LogP contribution in [0.25, 0.3) is 0 Å². The third-order valence-electron chi connectivity index (χ3n) is 6.32. The zero-order valence-corrected chi connectivity index (χ0v) is 19.9. The smallest absolute Gasteiger partial charge is 0.255 e. The van der Waals surface area contributed by atoms with Crippen LogP contribution in [-0.2, 0) is 9.59 Å². The second-order valence-corrected chi connectivity index (χ2v) is 9.72. The molecule has 1 aliphatic carbocycles. The van der Waals surface area contributed by atoms with Gasteiger partial charge in [0, 0.05) is 35.5 Å². The highest BCUT2D eigenvalue weighted by Gasteiger charge is 2.47. The molecular weight excluding hydrogens is 414 g/mol. The maximum Gasteiger partial charge on any atom is 0.255 e. The number of rotatable bonds is 5. The maximum absolute atomic E-state index is 13.5. The summed E-state index contributed by atoms with van der Waals surface area (Å²) >= 11 is 0. The van der Waals surface area contributed by atoms with Crippen molar-refractivity contribution >= 4 is 23.2 Å². The molecule has 1 fully saturated rings. The Morgan fingerprint density at radius 1 is 1.12 bits per heavy atom. The molecular formula is C27H31N3O3. The van der Waals surface area contributed by atoms with E-state index in [1.54, 1.807) is 6.20 Å². The first-order valence-corrected chi connectivity index (χ1v) is 11.5. The van der Waals surface area contributed by atoms with Crippen LogP contribution in [0.5, 0.6) is 5.75 Å². The van der Waals surface area contributed by atoms with Crippen LogP contribution in [-0.4, -0.2) is 29.0 Å². The number of anilines is 1. The number of aliphatic imine (C=N–C) groups is 1. The summed E-state index contributed by atoms with van der Waals surface area (Å²) in [5.74, 6) is 0.266. The molecule has 172 valence electrons. The summed E-state index contributed by atoms with van der Waals surface area (Å²) in [4.78, 5) is 36.0. The number of allylic oxidation sites excluding steroid dienone is 1. The molecule has 6 heteroatoms. The second-order valence-electron chi connectivity index (χ2n) is 9.72. The number of nitrogens with zero attached hydrogens (tertiary/aromatic N) is 2. The van der Waals surface area contributed by atoms with Gasteiger partial charge in [0.2, 0.25) is 0 Å². The molecule has 2 aromatic rings. The molecule has 1 aliphatic heterocycles. The van der Waals surface area contributed by atoms with Crippen molar-refractivity contribution in [1.29, 1.82) is 0 Å². The van der Waals surface area contributed by atoms with Gasteiger partial charge in [0.15, 0.2) is 0 Å². The SMILES string of the molecule is CCOc1ccc([C@@H]2C(C(=O)Nc3cc(C)ccn3)=C(C)N=C3CC(C)(C)CC(=O)C32)cc1. The van der Waals surface area contributed by atoms with Gasteiger partial charge in [-0.05, 0) is 68.0 Å². The number of hydrogen-bond acceptors (Lipinski definition) is 5. The topological polar surface area (TPSA) is 80.7 Å². The van der Waals surface area contributed by atoms with E-state index in [1.807, 2.05) is 57.2 Å². The Morgan fingerprint density at radius 3 is 2.52 bits per heavy atom. The number of benzene rings is 1. The molecule has 1 aromatic heterocycles. The van der Waals surface area contributed by atoms with Crippen molar-refractivity contribution in [1.82, 2.24) is 4.98 Å². The average molecular weight is 446 g/mol. The van der Waals surface area contributed by atoms with Crippen molar-refractivity contribution in [3.8, 4) is 5.75 Å². The van der Waals surface area contributed by atoms with Crippen LogP contribution < -0.4 is 10.1 Å². The van der Waals surface area contributed by atoms with E-state index in [0.29, 0.717) is 30.1 Å². The van der Waals surface area contributed by atoms with Gasteiger partial charge in [-0.15, -0.1) is 0 Å². The molecule has 1 amide bonds. The first-order chi connectivity index (χ1) is 15.7. The molecule has 2 aliphatic rings. The molecule has 1 N–H and O–H groups in total. The fourth-order valence-electron chi connectivity index (χ4n) is 4.98. The molecule has 0 saturated heterocycles. The van der Waals surface area contributed by atoms with Crippen LogP contribution >= 0.6 is 0 Å². The van der Waals surface area contributed by atoms with Gasteiger partial charge in [-0.3, -0.25) is 14.6 Å². The second kappa shape index (κ2) is 8.93. The molecule has 0 radical (unpaired) electrons. The van der Waals surface area contributed by atoms with Crippen molar-refractivity contribution in [2.75, 3.05) is 11.9 Å². The van der Waals surface area contributed by atoms with Gasteiger partial charge < -0.3 is 10.1 Å². The van der Waals surface area contributed by atoms with Crippen molar-refractivity contribution in [2.24, 2.45) is 16.3 Å². The Balaban J connectivity index is 1.78. The molecule has 0 spiro atoms. The van der Waals surface area contributed by atoms with Gasteiger partial charge in [-0.2, -0.15) is 0 Å². The highest BCUT2D eigenvalue weighted by molar-refractivity contribution is 6.14. The quantitative estimate of drug-likeness (QED) is 0.682. The fraction of sp³-hybridized carbons (Fsp3) is 0.407. The molecule has 1 aromatic carbocycles. The summed E-state index contributed by atoms with van der Waals surface area (Å²) in [6.45, 7) is 10.5. The first-order valence-electron chi connectivity index (χ1n) is 11.5. The number of aryl methyl sites for hydroxylation is 1. The zero-order valence-electron chi connectivity index (χ0n) is 19.9. The van der Waals surface area contributed by atoms with Gasteiger partial charge in [-0.1, -0.05) is 26.0 Å². The van der Waals surface area contributed by atoms with Gasteiger partial charge in [0.25, 0.3) is 5.91 Å². The van der Waals surface area contributed by atoms with Crippen molar-refractivity contribution in [3.05, 3.63) is 65.0 Å². The number of amides is 1. The monoisotopic (exact) mass is 445 g/mol. The molecule has 2 atom stereocenters. The van der Waals surface area contributed by atoms with Gasteiger partial charge in [0.05, 0.1) is 12.5 Å². The standard InChI is InChI=1S/C27H31N3O3/c1-6-33-19-9-7-18(8-10-19)24-23(26(32)30-22-13-16(2)11-12-28-22)17(3)29-20-14-27(4,5)15-21(31)25(20)24/h7-13,24-25H,6,14-15H2,1-5H3,(H,28,30,32)/t24-,25?/m1/s1. The van der Waals surface area contributed by atoms with Crippen molar-refractivity contribution < 1.29 is 14.3 Å². The third kappa shape index (κ3) is 4.75. The predicted molar refractivity (Wildman–Crippen MR) is 130 cm³/mol. The average Bonchev–Trinajstić information content (AvgIpc) is 2.72. The lowest BCUT2D eigenvalue weighted by atomic mass is 9.63. The number of pyridine rings is 1. The largest absolute Gasteiger partial charge is 0.494 e. The van der Waals surface area contributed by atoms with Crippen LogP contribution in [0.3, 0.4) is 0 Å². The Hall–Kier alpha value is -3.28. The molecule has 6 nitrogen and oxygen atoms in total. The lowest BCUT2D eigenvalue weighted by Gasteiger charge is -2.41. The molecule has 0 bridgehead atoms. The number of carbonyl (C=O) groups is 2. The van der Waals surface area contributed by atoms with Crippen LogP contribution in [0.4, 0.5) is 5.82 Å². The van der Waals surface area contributed by atoms with E-state index in [1.165, 1.54) is 0 Å². The molecule has 4 rings (SSSR count). The zero-order chi connectivity index (χ0) is 23.8. The summed E-state index contributed by atoms with van der Waals surface area (Å²) < 4.78 is 5.60. The maximum atomic E-state index is 13.5. The van der Waals surface area contributed by atoms with Crippen LogP contribution in [0, 0.1) is 18.3 Å². The third-order valence-corrected chi connectivity index (χ3v) is 6.32. The lowest BCUT2D eigenvalue weighted by Crippen LogP contribution is -2.44. The van der Waals surface area contributed by atoms with Crippen LogP contribution in [0.1, 0.15) is 57.6 Å². The minimum absolute atomic E-state index is 0.135. The van der Waals surface area contributed by atoms with E-state index in [9.17, 15) is 9.59 Å². The number of nitrogens with one attached hydrogen (secondary N) is 1. The Morgan fingerprint density at radius 2 is 1.85 bits per heavy atom. The Kier molecular flexibility index (Phi) is 6.19. The van der Waals surface area contributed by atoms with E-state index < -0.39 is 11.8 Å². The number of Topliss-reactive ketones (excluding diaryl/α,β-unsaturated/α-hetero) is 1. The molecule has 33 heavy (non-hydrogen) atoms. The number of aromatic nitrogens is 1. The lowest BCUT2D eigenvalue weighted by molar-refractivity contribution is -0.124. The summed E-state index contributed by atoms with van der Waals surface area (Å²) in [6.07, 6.45) is 2.88. The number of ketones is 1. The number of carbonyl (C=O) groups excluding carboxylic acids is 2. The van der Waals surface area contributed by atoms with Crippen LogP contribution in [0.2, 0.25) is 0 Å². The van der Waals surface area contributed by atoms with Crippen molar-refractivity contribution in [3.63, 3.8) is 0 Å². The van der Waals surface area contributed by atoms with Crippen molar-refractivity contribution in [2.45, 2.75) is 53.4 Å². The fourth-order valence-corrected chi connectivity index (χ4v) is 4.98. The number of ether oxygens (including phenoxy) is 1. The number of fused-ring (bicyclic) bond motifs is 1. The van der Waals surface area contributed by atoms with Crippen LogP contribution in [0.15, 0.2) is 58.9 Å². The van der Waals surface area contributed by atoms with Gasteiger partial charge in [-0.25, -0.2) is 4.98 Å².